The van der Waals surface area contributed by atoms with E-state index in [4.69, 9.17) is 0 Å². The maximum absolute atomic E-state index is 13.3. The van der Waals surface area contributed by atoms with Crippen molar-refractivity contribution < 1.29 is 4.39 Å². The summed E-state index contributed by atoms with van der Waals surface area (Å²) in [6.07, 6.45) is 1.98. The van der Waals surface area contributed by atoms with Crippen molar-refractivity contribution in [1.29, 1.82) is 0 Å². The first kappa shape index (κ1) is 14.1. The fourth-order valence-corrected chi connectivity index (χ4v) is 3.00. The molecule has 0 aromatic heterocycles. The summed E-state index contributed by atoms with van der Waals surface area (Å²) in [5, 5.41) is 3.57. The zero-order valence-electron chi connectivity index (χ0n) is 12.9. The smallest absolute Gasteiger partial charge is 0.123 e. The van der Waals surface area contributed by atoms with Crippen LogP contribution in [0.15, 0.2) is 42.5 Å². The number of benzene rings is 2. The molecule has 0 radical (unpaired) electrons. The number of nitrogens with one attached hydrogen (secondary N) is 1. The van der Waals surface area contributed by atoms with Gasteiger partial charge in [0.15, 0.2) is 0 Å². The Morgan fingerprint density at radius 3 is 2.43 bits per heavy atom. The van der Waals surface area contributed by atoms with Crippen LogP contribution in [0, 0.1) is 5.82 Å². The molecule has 0 bridgehead atoms. The van der Waals surface area contributed by atoms with Crippen molar-refractivity contribution in [2.24, 2.45) is 0 Å². The van der Waals surface area contributed by atoms with Gasteiger partial charge in [0, 0.05) is 5.69 Å². The molecule has 0 heterocycles. The molecule has 3 rings (SSSR count). The molecular formula is C19H22FN. The summed E-state index contributed by atoms with van der Waals surface area (Å²) in [5.41, 5.74) is 5.01. The van der Waals surface area contributed by atoms with Gasteiger partial charge in [-0.2, -0.15) is 0 Å². The van der Waals surface area contributed by atoms with Crippen molar-refractivity contribution in [2.45, 2.75) is 45.1 Å². The van der Waals surface area contributed by atoms with E-state index in [-0.39, 0.29) is 11.2 Å². The molecule has 1 N–H and O–H groups in total. The second kappa shape index (κ2) is 5.18. The first-order valence-corrected chi connectivity index (χ1v) is 7.59. The molecule has 21 heavy (non-hydrogen) atoms. The molecule has 0 saturated carbocycles. The number of halogens is 1. The van der Waals surface area contributed by atoms with Gasteiger partial charge in [0.2, 0.25) is 0 Å². The Kier molecular flexibility index (Phi) is 3.48. The van der Waals surface area contributed by atoms with E-state index < -0.39 is 0 Å². The van der Waals surface area contributed by atoms with Crippen LogP contribution in [-0.2, 0) is 11.8 Å². The molecule has 1 atom stereocenters. The van der Waals surface area contributed by atoms with E-state index in [0.29, 0.717) is 6.04 Å². The lowest BCUT2D eigenvalue weighted by Crippen LogP contribution is -2.11. The highest BCUT2D eigenvalue weighted by Crippen LogP contribution is 2.34. The predicted octanol–water partition coefficient (Wildman–Crippen LogP) is 5.22. The number of fused-ring (bicyclic) bond motifs is 1. The monoisotopic (exact) mass is 283 g/mol. The summed E-state index contributed by atoms with van der Waals surface area (Å²) >= 11 is 0. The van der Waals surface area contributed by atoms with E-state index in [1.54, 1.807) is 12.1 Å². The van der Waals surface area contributed by atoms with Gasteiger partial charge in [0.25, 0.3) is 0 Å². The Balaban J connectivity index is 1.77. The number of rotatable bonds is 2. The molecule has 2 heteroatoms. The van der Waals surface area contributed by atoms with Crippen LogP contribution in [0.2, 0.25) is 0 Å². The first-order chi connectivity index (χ1) is 9.93. The number of aryl methyl sites for hydroxylation is 1. The Labute approximate surface area is 126 Å². The maximum atomic E-state index is 13.3. The van der Waals surface area contributed by atoms with E-state index in [0.717, 1.165) is 24.1 Å². The van der Waals surface area contributed by atoms with E-state index in [9.17, 15) is 4.39 Å². The fraction of sp³-hybridized carbons (Fsp3) is 0.368. The van der Waals surface area contributed by atoms with Crippen LogP contribution in [0.4, 0.5) is 10.1 Å². The summed E-state index contributed by atoms with van der Waals surface area (Å²) in [6.45, 7) is 6.66. The molecule has 0 spiro atoms. The molecule has 0 fully saturated rings. The zero-order chi connectivity index (χ0) is 15.0. The average molecular weight is 283 g/mol. The molecule has 1 aliphatic carbocycles. The van der Waals surface area contributed by atoms with E-state index in [2.05, 4.69) is 50.4 Å². The van der Waals surface area contributed by atoms with Crippen LogP contribution in [0.3, 0.4) is 0 Å². The predicted molar refractivity (Wildman–Crippen MR) is 86.2 cm³/mol. The summed E-state index contributed by atoms with van der Waals surface area (Å²) in [6, 6.07) is 14.1. The summed E-state index contributed by atoms with van der Waals surface area (Å²) < 4.78 is 13.3. The van der Waals surface area contributed by atoms with E-state index in [1.807, 2.05) is 6.07 Å². The molecule has 1 unspecified atom stereocenters. The van der Waals surface area contributed by atoms with Crippen molar-refractivity contribution >= 4 is 5.69 Å². The SMILES string of the molecule is CC(C)(C)c1ccc(NC2CCc3cc(F)ccc32)cc1. The minimum absolute atomic E-state index is 0.135. The molecule has 1 aliphatic rings. The molecule has 110 valence electrons. The Bertz CT molecular complexity index is 638. The van der Waals surface area contributed by atoms with Gasteiger partial charge in [-0.05, 0) is 59.2 Å². The van der Waals surface area contributed by atoms with E-state index in [1.165, 1.54) is 11.1 Å². The summed E-state index contributed by atoms with van der Waals surface area (Å²) in [7, 11) is 0. The van der Waals surface area contributed by atoms with Gasteiger partial charge in [0.1, 0.15) is 5.82 Å². The topological polar surface area (TPSA) is 12.0 Å². The highest BCUT2D eigenvalue weighted by atomic mass is 19.1. The molecule has 2 aromatic carbocycles. The van der Waals surface area contributed by atoms with Crippen LogP contribution in [0.25, 0.3) is 0 Å². The number of hydrogen-bond acceptors (Lipinski definition) is 1. The molecule has 0 amide bonds. The van der Waals surface area contributed by atoms with Crippen molar-refractivity contribution in [3.05, 3.63) is 65.0 Å². The van der Waals surface area contributed by atoms with Crippen LogP contribution < -0.4 is 5.32 Å². The van der Waals surface area contributed by atoms with Gasteiger partial charge in [-0.15, -0.1) is 0 Å². The van der Waals surface area contributed by atoms with E-state index >= 15 is 0 Å². The molecule has 0 aliphatic heterocycles. The van der Waals surface area contributed by atoms with Crippen molar-refractivity contribution in [2.75, 3.05) is 5.32 Å². The second-order valence-corrected chi connectivity index (χ2v) is 6.91. The number of hydrogen-bond donors (Lipinski definition) is 1. The molecule has 2 aromatic rings. The second-order valence-electron chi connectivity index (χ2n) is 6.91. The van der Waals surface area contributed by atoms with Crippen LogP contribution >= 0.6 is 0 Å². The lowest BCUT2D eigenvalue weighted by molar-refractivity contribution is 0.590. The third kappa shape index (κ3) is 2.94. The first-order valence-electron chi connectivity index (χ1n) is 7.59. The summed E-state index contributed by atoms with van der Waals surface area (Å²) in [5.74, 6) is -0.135. The Morgan fingerprint density at radius 2 is 1.76 bits per heavy atom. The average Bonchev–Trinajstić information content (AvgIpc) is 2.80. The largest absolute Gasteiger partial charge is 0.378 e. The Morgan fingerprint density at radius 1 is 1.05 bits per heavy atom. The zero-order valence-corrected chi connectivity index (χ0v) is 12.9. The fourth-order valence-electron chi connectivity index (χ4n) is 3.00. The normalized spacial score (nSPS) is 17.6. The third-order valence-electron chi connectivity index (χ3n) is 4.27. The number of anilines is 1. The highest BCUT2D eigenvalue weighted by molar-refractivity contribution is 5.50. The summed E-state index contributed by atoms with van der Waals surface area (Å²) in [4.78, 5) is 0. The van der Waals surface area contributed by atoms with Crippen LogP contribution in [0.5, 0.6) is 0 Å². The highest BCUT2D eigenvalue weighted by Gasteiger charge is 2.22. The lowest BCUT2D eigenvalue weighted by Gasteiger charge is -2.20. The van der Waals surface area contributed by atoms with Gasteiger partial charge >= 0.3 is 0 Å². The minimum Gasteiger partial charge on any atom is -0.378 e. The molecule has 1 nitrogen and oxygen atoms in total. The Hall–Kier alpha value is -1.83. The quantitative estimate of drug-likeness (QED) is 0.796. The van der Waals surface area contributed by atoms with Crippen LogP contribution in [-0.4, -0.2) is 0 Å². The minimum atomic E-state index is -0.135. The van der Waals surface area contributed by atoms with Crippen molar-refractivity contribution in [1.82, 2.24) is 0 Å². The van der Waals surface area contributed by atoms with Crippen molar-refractivity contribution in [3.63, 3.8) is 0 Å². The third-order valence-corrected chi connectivity index (χ3v) is 4.27. The maximum Gasteiger partial charge on any atom is 0.123 e. The standard InChI is InChI=1S/C19H22FN/c1-19(2,3)14-5-8-16(9-6-14)21-18-11-4-13-12-15(20)7-10-17(13)18/h5-10,12,18,21H,4,11H2,1-3H3. The van der Waals surface area contributed by atoms with Gasteiger partial charge in [-0.1, -0.05) is 39.0 Å². The van der Waals surface area contributed by atoms with Gasteiger partial charge in [-0.3, -0.25) is 0 Å². The van der Waals surface area contributed by atoms with Crippen LogP contribution in [0.1, 0.15) is 49.9 Å². The van der Waals surface area contributed by atoms with Gasteiger partial charge in [-0.25, -0.2) is 4.39 Å². The molecule has 0 saturated heterocycles. The van der Waals surface area contributed by atoms with Crippen molar-refractivity contribution in [3.8, 4) is 0 Å². The van der Waals surface area contributed by atoms with Gasteiger partial charge < -0.3 is 5.32 Å². The van der Waals surface area contributed by atoms with Gasteiger partial charge in [0.05, 0.1) is 6.04 Å². The molecular weight excluding hydrogens is 261 g/mol. The lowest BCUT2D eigenvalue weighted by atomic mass is 9.87.